The van der Waals surface area contributed by atoms with Crippen molar-refractivity contribution in [2.24, 2.45) is 0 Å². The Morgan fingerprint density at radius 3 is 2.05 bits per heavy atom. The van der Waals surface area contributed by atoms with E-state index in [4.69, 9.17) is 34.8 Å². The van der Waals surface area contributed by atoms with E-state index in [2.05, 4.69) is 10.6 Å². The van der Waals surface area contributed by atoms with Crippen molar-refractivity contribution in [2.45, 2.75) is 16.4 Å². The predicted octanol–water partition coefficient (Wildman–Crippen LogP) is 4.15. The van der Waals surface area contributed by atoms with Gasteiger partial charge < -0.3 is 10.6 Å². The van der Waals surface area contributed by atoms with E-state index in [-0.39, 0.29) is 12.3 Å². The van der Waals surface area contributed by atoms with Crippen LogP contribution in [0.3, 0.4) is 0 Å². The maximum Gasteiger partial charge on any atom is 0.228 e. The fourth-order valence-corrected chi connectivity index (χ4v) is 2.22. The number of hydrogen-bond donors (Lipinski definition) is 2. The average molecular weight is 358 g/mol. The van der Waals surface area contributed by atoms with Gasteiger partial charge in [-0.1, -0.05) is 83.3 Å². The highest BCUT2D eigenvalue weighted by molar-refractivity contribution is 6.68. The lowest BCUT2D eigenvalue weighted by Gasteiger charge is -2.27. The van der Waals surface area contributed by atoms with Crippen LogP contribution in [0, 0.1) is 0 Å². The first-order valence-electron chi connectivity index (χ1n) is 6.67. The summed E-state index contributed by atoms with van der Waals surface area (Å²) in [6.45, 7) is 0. The van der Waals surface area contributed by atoms with Crippen molar-refractivity contribution >= 4 is 46.4 Å². The van der Waals surface area contributed by atoms with Gasteiger partial charge in [-0.05, 0) is 17.7 Å². The fraction of sp³-hybridized carbons (Fsp3) is 0.188. The van der Waals surface area contributed by atoms with Gasteiger partial charge in [-0.3, -0.25) is 4.79 Å². The minimum absolute atomic E-state index is 0.217. The number of benzene rings is 2. The Kier molecular flexibility index (Phi) is 5.95. The Hall–Kier alpha value is -1.42. The van der Waals surface area contributed by atoms with E-state index in [0.717, 1.165) is 11.3 Å². The van der Waals surface area contributed by atoms with Crippen LogP contribution in [0.5, 0.6) is 0 Å². The largest absolute Gasteiger partial charge is 0.362 e. The molecular formula is C16H15Cl3N2O. The third-order valence-electron chi connectivity index (χ3n) is 2.92. The van der Waals surface area contributed by atoms with E-state index in [1.54, 1.807) is 0 Å². The van der Waals surface area contributed by atoms with Crippen molar-refractivity contribution in [3.8, 4) is 0 Å². The summed E-state index contributed by atoms with van der Waals surface area (Å²) in [6.07, 6.45) is -0.620. The van der Waals surface area contributed by atoms with Crippen molar-refractivity contribution in [3.63, 3.8) is 0 Å². The van der Waals surface area contributed by atoms with Crippen LogP contribution in [0.2, 0.25) is 0 Å². The van der Waals surface area contributed by atoms with Gasteiger partial charge in [0.15, 0.2) is 0 Å². The lowest BCUT2D eigenvalue weighted by molar-refractivity contribution is -0.120. The molecule has 0 aliphatic heterocycles. The standard InChI is InChI=1S/C16H15Cl3N2O/c17-16(18,19)15(20-13-9-5-2-6-10-13)21-14(22)11-12-7-3-1-4-8-12/h1-10,15,20H,11H2,(H,21,22)/t15-/m1/s1. The minimum Gasteiger partial charge on any atom is -0.362 e. The molecule has 0 saturated heterocycles. The fourth-order valence-electron chi connectivity index (χ4n) is 1.89. The van der Waals surface area contributed by atoms with Crippen molar-refractivity contribution in [3.05, 3.63) is 66.2 Å². The maximum atomic E-state index is 12.1. The summed E-state index contributed by atoms with van der Waals surface area (Å²) in [4.78, 5) is 12.1. The molecule has 0 aromatic heterocycles. The molecule has 0 saturated carbocycles. The van der Waals surface area contributed by atoms with Crippen LogP contribution in [-0.4, -0.2) is 15.9 Å². The number of carbonyl (C=O) groups is 1. The van der Waals surface area contributed by atoms with Crippen LogP contribution in [0.4, 0.5) is 5.69 Å². The zero-order valence-corrected chi connectivity index (χ0v) is 13.9. The Morgan fingerprint density at radius 1 is 0.955 bits per heavy atom. The predicted molar refractivity (Wildman–Crippen MR) is 92.4 cm³/mol. The van der Waals surface area contributed by atoms with Gasteiger partial charge in [0.1, 0.15) is 6.17 Å². The normalized spacial score (nSPS) is 12.5. The van der Waals surface area contributed by atoms with Crippen LogP contribution in [0.1, 0.15) is 5.56 Å². The first-order chi connectivity index (χ1) is 10.4. The van der Waals surface area contributed by atoms with Crippen LogP contribution in [0.15, 0.2) is 60.7 Å². The number of para-hydroxylation sites is 1. The molecule has 0 spiro atoms. The monoisotopic (exact) mass is 356 g/mol. The van der Waals surface area contributed by atoms with E-state index in [9.17, 15) is 4.79 Å². The number of halogens is 3. The molecular weight excluding hydrogens is 343 g/mol. The van der Waals surface area contributed by atoms with Crippen molar-refractivity contribution in [2.75, 3.05) is 5.32 Å². The molecule has 0 fully saturated rings. The van der Waals surface area contributed by atoms with E-state index in [1.807, 2.05) is 60.7 Å². The number of nitrogens with one attached hydrogen (secondary N) is 2. The number of carbonyl (C=O) groups excluding carboxylic acids is 1. The van der Waals surface area contributed by atoms with Crippen molar-refractivity contribution in [1.82, 2.24) is 5.32 Å². The quantitative estimate of drug-likeness (QED) is 0.623. The van der Waals surface area contributed by atoms with E-state index < -0.39 is 9.96 Å². The van der Waals surface area contributed by atoms with Gasteiger partial charge in [0, 0.05) is 5.69 Å². The van der Waals surface area contributed by atoms with E-state index in [1.165, 1.54) is 0 Å². The van der Waals surface area contributed by atoms with Crippen molar-refractivity contribution < 1.29 is 4.79 Å². The van der Waals surface area contributed by atoms with Crippen LogP contribution in [-0.2, 0) is 11.2 Å². The summed E-state index contributed by atoms with van der Waals surface area (Å²) in [7, 11) is 0. The second-order valence-corrected chi connectivity index (χ2v) is 7.08. The molecule has 0 heterocycles. The van der Waals surface area contributed by atoms with E-state index >= 15 is 0 Å². The second kappa shape index (κ2) is 7.73. The summed E-state index contributed by atoms with van der Waals surface area (Å²) < 4.78 is -1.68. The van der Waals surface area contributed by atoms with Crippen molar-refractivity contribution in [1.29, 1.82) is 0 Å². The molecule has 3 nitrogen and oxygen atoms in total. The Balaban J connectivity index is 2.02. The number of alkyl halides is 3. The minimum atomic E-state index is -1.68. The average Bonchev–Trinajstić information content (AvgIpc) is 2.48. The van der Waals surface area contributed by atoms with Gasteiger partial charge >= 0.3 is 0 Å². The molecule has 0 unspecified atom stereocenters. The van der Waals surface area contributed by atoms with Crippen LogP contribution >= 0.6 is 34.8 Å². The van der Waals surface area contributed by atoms with Gasteiger partial charge in [0.2, 0.25) is 9.70 Å². The first-order valence-corrected chi connectivity index (χ1v) is 7.80. The summed E-state index contributed by atoms with van der Waals surface area (Å²) >= 11 is 17.8. The molecule has 2 rings (SSSR count). The summed E-state index contributed by atoms with van der Waals surface area (Å²) in [5, 5.41) is 5.72. The molecule has 6 heteroatoms. The molecule has 0 aliphatic rings. The van der Waals surface area contributed by atoms with Crippen LogP contribution < -0.4 is 10.6 Å². The van der Waals surface area contributed by atoms with Gasteiger partial charge in [-0.15, -0.1) is 0 Å². The maximum absolute atomic E-state index is 12.1. The van der Waals surface area contributed by atoms with E-state index in [0.29, 0.717) is 0 Å². The SMILES string of the molecule is O=C(Cc1ccccc1)N[C@@H](Nc1ccccc1)C(Cl)(Cl)Cl. The first kappa shape index (κ1) is 16.9. The molecule has 2 aromatic rings. The number of rotatable bonds is 5. The van der Waals surface area contributed by atoms with Crippen LogP contribution in [0.25, 0.3) is 0 Å². The third-order valence-corrected chi connectivity index (χ3v) is 3.58. The summed E-state index contributed by atoms with van der Waals surface area (Å²) in [5.41, 5.74) is 1.64. The molecule has 0 bridgehead atoms. The Labute approximate surface area is 144 Å². The molecule has 22 heavy (non-hydrogen) atoms. The second-order valence-electron chi connectivity index (χ2n) is 4.71. The molecule has 1 amide bonds. The Morgan fingerprint density at radius 2 is 1.50 bits per heavy atom. The molecule has 2 N–H and O–H groups in total. The number of anilines is 1. The topological polar surface area (TPSA) is 41.1 Å². The lowest BCUT2D eigenvalue weighted by atomic mass is 10.1. The van der Waals surface area contributed by atoms with Gasteiger partial charge in [-0.2, -0.15) is 0 Å². The number of amides is 1. The molecule has 2 aromatic carbocycles. The van der Waals surface area contributed by atoms with Gasteiger partial charge in [-0.25, -0.2) is 0 Å². The smallest absolute Gasteiger partial charge is 0.228 e. The molecule has 0 aliphatic carbocycles. The highest BCUT2D eigenvalue weighted by atomic mass is 35.6. The van der Waals surface area contributed by atoms with Gasteiger partial charge in [0.05, 0.1) is 6.42 Å². The zero-order valence-electron chi connectivity index (χ0n) is 11.6. The Bertz CT molecular complexity index is 600. The highest BCUT2D eigenvalue weighted by Gasteiger charge is 2.33. The molecule has 1 atom stereocenters. The molecule has 116 valence electrons. The summed E-state index contributed by atoms with van der Waals surface area (Å²) in [6, 6.07) is 18.6. The summed E-state index contributed by atoms with van der Waals surface area (Å²) in [5.74, 6) is -0.231. The van der Waals surface area contributed by atoms with Gasteiger partial charge in [0.25, 0.3) is 0 Å². The molecule has 0 radical (unpaired) electrons. The number of hydrogen-bond acceptors (Lipinski definition) is 2. The lowest BCUT2D eigenvalue weighted by Crippen LogP contribution is -2.49. The third kappa shape index (κ3) is 5.41. The highest BCUT2D eigenvalue weighted by Crippen LogP contribution is 2.31. The zero-order chi connectivity index (χ0) is 16.0.